The molecule has 2 aliphatic heterocycles. The Labute approximate surface area is 242 Å². The van der Waals surface area contributed by atoms with Gasteiger partial charge in [0.1, 0.15) is 0 Å². The van der Waals surface area contributed by atoms with Gasteiger partial charge in [-0.3, -0.25) is 4.98 Å². The van der Waals surface area contributed by atoms with E-state index >= 15 is 0 Å². The zero-order chi connectivity index (χ0) is 27.8. The molecule has 40 heavy (non-hydrogen) atoms. The summed E-state index contributed by atoms with van der Waals surface area (Å²) in [5, 5.41) is 4.32. The molecule has 0 bridgehead atoms. The van der Waals surface area contributed by atoms with Crippen molar-refractivity contribution in [2.24, 2.45) is 0 Å². The number of anilines is 3. The summed E-state index contributed by atoms with van der Waals surface area (Å²) in [6.07, 6.45) is 1.85. The normalized spacial score (nSPS) is 19.1. The van der Waals surface area contributed by atoms with Crippen LogP contribution in [0.15, 0.2) is 79.0 Å². The summed E-state index contributed by atoms with van der Waals surface area (Å²) >= 11 is 6.00. The van der Waals surface area contributed by atoms with Crippen LogP contribution in [0.25, 0.3) is 5.69 Å². The Morgan fingerprint density at radius 1 is 0.900 bits per heavy atom. The molecule has 6 rings (SSSR count). The number of pyridine rings is 1. The summed E-state index contributed by atoms with van der Waals surface area (Å²) in [7, 11) is 4.13. The van der Waals surface area contributed by atoms with Gasteiger partial charge in [0.05, 0.1) is 31.0 Å². The van der Waals surface area contributed by atoms with Gasteiger partial charge in [-0.15, -0.1) is 0 Å². The van der Waals surface area contributed by atoms with E-state index in [9.17, 15) is 0 Å². The number of nitrogens with zero attached hydrogens (tertiary/aromatic N) is 5. The van der Waals surface area contributed by atoms with Gasteiger partial charge in [0, 0.05) is 67.5 Å². The third kappa shape index (κ3) is 4.82. The number of benzene rings is 2. The highest BCUT2D eigenvalue weighted by Gasteiger charge is 2.42. The average molecular weight is 553 g/mol. The summed E-state index contributed by atoms with van der Waals surface area (Å²) in [5.41, 5.74) is 9.19. The monoisotopic (exact) mass is 552 g/mol. The molecule has 2 aromatic carbocycles. The van der Waals surface area contributed by atoms with Gasteiger partial charge in [-0.1, -0.05) is 6.07 Å². The van der Waals surface area contributed by atoms with Crippen molar-refractivity contribution in [3.05, 3.63) is 102 Å². The highest BCUT2D eigenvalue weighted by Crippen LogP contribution is 2.44. The van der Waals surface area contributed by atoms with Crippen molar-refractivity contribution in [3.63, 3.8) is 0 Å². The minimum atomic E-state index is -0.0855. The Balaban J connectivity index is 1.41. The summed E-state index contributed by atoms with van der Waals surface area (Å²) in [6, 6.07) is 25.7. The van der Waals surface area contributed by atoms with Crippen LogP contribution in [0, 0.1) is 13.8 Å². The molecule has 1 N–H and O–H groups in total. The Bertz CT molecular complexity index is 1480. The average Bonchev–Trinajstić information content (AvgIpc) is 3.48. The van der Waals surface area contributed by atoms with Crippen LogP contribution in [0.2, 0.25) is 0 Å². The predicted octanol–water partition coefficient (Wildman–Crippen LogP) is 5.57. The molecule has 0 radical (unpaired) electrons. The van der Waals surface area contributed by atoms with E-state index in [-0.39, 0.29) is 12.1 Å². The van der Waals surface area contributed by atoms with Crippen molar-refractivity contribution >= 4 is 34.4 Å². The van der Waals surface area contributed by atoms with Gasteiger partial charge >= 0.3 is 0 Å². The van der Waals surface area contributed by atoms with Crippen molar-refractivity contribution in [1.29, 1.82) is 0 Å². The van der Waals surface area contributed by atoms with Crippen LogP contribution in [0.1, 0.15) is 34.7 Å². The Hall–Kier alpha value is -3.88. The van der Waals surface area contributed by atoms with Crippen molar-refractivity contribution in [2.45, 2.75) is 25.9 Å². The van der Waals surface area contributed by atoms with Crippen molar-refractivity contribution < 1.29 is 4.74 Å². The van der Waals surface area contributed by atoms with Crippen LogP contribution in [0.4, 0.5) is 17.1 Å². The van der Waals surface area contributed by atoms with Crippen molar-refractivity contribution in [3.8, 4) is 5.69 Å². The second-order valence-electron chi connectivity index (χ2n) is 10.7. The molecule has 0 aliphatic carbocycles. The molecule has 2 fully saturated rings. The summed E-state index contributed by atoms with van der Waals surface area (Å²) in [5.74, 6) is 0. The zero-order valence-corrected chi connectivity index (χ0v) is 24.4. The maximum Gasteiger partial charge on any atom is 0.174 e. The standard InChI is InChI=1S/C32H36N6OS/c1-22-21-28(23(2)37(22)26-12-8-24(9-13-26)35(3)4)31-30(29-7-5-6-16-33-29)34-32(40)38(31)27-14-10-25(11-15-27)36-17-19-39-20-18-36/h5-16,21,30-31H,17-20H2,1-4H3,(H,34,40)/t30-,31-/m0/s1. The fraction of sp³-hybridized carbons (Fsp3) is 0.312. The Kier molecular flexibility index (Phi) is 7.21. The molecule has 0 unspecified atom stereocenters. The molecule has 4 heterocycles. The second-order valence-corrected chi connectivity index (χ2v) is 11.1. The van der Waals surface area contributed by atoms with Crippen LogP contribution < -0.4 is 20.0 Å². The van der Waals surface area contributed by atoms with Gasteiger partial charge in [-0.05, 0) is 98.4 Å². The highest BCUT2D eigenvalue weighted by atomic mass is 32.1. The fourth-order valence-corrected chi connectivity index (χ4v) is 6.32. The number of hydrogen-bond acceptors (Lipinski definition) is 5. The van der Waals surface area contributed by atoms with E-state index < -0.39 is 0 Å². The molecular formula is C32H36N6OS. The number of thiocarbonyl (C=S) groups is 1. The number of aromatic nitrogens is 2. The lowest BCUT2D eigenvalue weighted by atomic mass is 9.96. The number of hydrogen-bond donors (Lipinski definition) is 1. The van der Waals surface area contributed by atoms with Crippen LogP contribution in [0.5, 0.6) is 0 Å². The first-order chi connectivity index (χ1) is 19.4. The minimum Gasteiger partial charge on any atom is -0.378 e. The molecule has 2 aliphatic rings. The number of rotatable bonds is 6. The summed E-state index contributed by atoms with van der Waals surface area (Å²) in [4.78, 5) is 11.5. The topological polar surface area (TPSA) is 48.8 Å². The molecular weight excluding hydrogens is 516 g/mol. The fourth-order valence-electron chi connectivity index (χ4n) is 5.98. The maximum atomic E-state index is 6.00. The van der Waals surface area contributed by atoms with E-state index in [1.165, 1.54) is 28.3 Å². The van der Waals surface area contributed by atoms with Crippen molar-refractivity contribution in [2.75, 3.05) is 55.1 Å². The van der Waals surface area contributed by atoms with E-state index in [2.05, 4.69) is 113 Å². The second kappa shape index (κ2) is 10.9. The SMILES string of the molecule is Cc1cc([C@H]2[C@H](c3ccccn3)NC(=S)N2c2ccc(N3CCOCC3)cc2)c(C)n1-c1ccc(N(C)C)cc1. The van der Waals surface area contributed by atoms with E-state index in [0.717, 1.165) is 43.4 Å². The lowest BCUT2D eigenvalue weighted by molar-refractivity contribution is 0.122. The van der Waals surface area contributed by atoms with E-state index in [0.29, 0.717) is 5.11 Å². The molecule has 2 atom stereocenters. The van der Waals surface area contributed by atoms with Gasteiger partial charge in [0.25, 0.3) is 0 Å². The first-order valence-corrected chi connectivity index (χ1v) is 14.2. The van der Waals surface area contributed by atoms with Crippen LogP contribution in [-0.4, -0.2) is 55.1 Å². The molecule has 0 spiro atoms. The Morgan fingerprint density at radius 3 is 2.23 bits per heavy atom. The lowest BCUT2D eigenvalue weighted by Crippen LogP contribution is -2.36. The lowest BCUT2D eigenvalue weighted by Gasteiger charge is -2.31. The summed E-state index contributed by atoms with van der Waals surface area (Å²) in [6.45, 7) is 7.74. The van der Waals surface area contributed by atoms with Crippen molar-refractivity contribution in [1.82, 2.24) is 14.9 Å². The molecule has 206 valence electrons. The predicted molar refractivity (Wildman–Crippen MR) is 167 cm³/mol. The van der Waals surface area contributed by atoms with Crippen LogP contribution >= 0.6 is 12.2 Å². The minimum absolute atomic E-state index is 0.0577. The van der Waals surface area contributed by atoms with E-state index in [1.807, 2.05) is 18.3 Å². The smallest absolute Gasteiger partial charge is 0.174 e. The van der Waals surface area contributed by atoms with Gasteiger partial charge in [0.15, 0.2) is 5.11 Å². The third-order valence-electron chi connectivity index (χ3n) is 8.02. The molecule has 0 amide bonds. The van der Waals surface area contributed by atoms with Gasteiger partial charge in [-0.2, -0.15) is 0 Å². The van der Waals surface area contributed by atoms with Gasteiger partial charge in [-0.25, -0.2) is 0 Å². The quantitative estimate of drug-likeness (QED) is 0.314. The van der Waals surface area contributed by atoms with Gasteiger partial charge < -0.3 is 29.3 Å². The summed E-state index contributed by atoms with van der Waals surface area (Å²) < 4.78 is 7.88. The Morgan fingerprint density at radius 2 is 1.57 bits per heavy atom. The number of nitrogens with one attached hydrogen (secondary N) is 1. The van der Waals surface area contributed by atoms with E-state index in [1.54, 1.807) is 0 Å². The molecule has 2 saturated heterocycles. The first-order valence-electron chi connectivity index (χ1n) is 13.8. The number of ether oxygens (including phenoxy) is 1. The van der Waals surface area contributed by atoms with E-state index in [4.69, 9.17) is 21.9 Å². The number of morpholine rings is 1. The highest BCUT2D eigenvalue weighted by molar-refractivity contribution is 7.80. The zero-order valence-electron chi connectivity index (χ0n) is 23.5. The molecule has 2 aromatic heterocycles. The van der Waals surface area contributed by atoms with Gasteiger partial charge in [0.2, 0.25) is 0 Å². The maximum absolute atomic E-state index is 6.00. The molecule has 7 nitrogen and oxygen atoms in total. The van der Waals surface area contributed by atoms with Crippen LogP contribution in [-0.2, 0) is 4.74 Å². The third-order valence-corrected chi connectivity index (χ3v) is 8.33. The number of aryl methyl sites for hydroxylation is 1. The van der Waals surface area contributed by atoms with Crippen LogP contribution in [0.3, 0.4) is 0 Å². The molecule has 0 saturated carbocycles. The largest absolute Gasteiger partial charge is 0.378 e. The first kappa shape index (κ1) is 26.3. The molecule has 8 heteroatoms. The molecule has 4 aromatic rings.